The maximum atomic E-state index is 3.79. The van der Waals surface area contributed by atoms with Gasteiger partial charge >= 0.3 is 0 Å². The summed E-state index contributed by atoms with van der Waals surface area (Å²) in [5.41, 5.74) is 13.1. The molecule has 2 aliphatic rings. The lowest BCUT2D eigenvalue weighted by Crippen LogP contribution is -2.26. The molecule has 1 heteroatoms. The highest BCUT2D eigenvalue weighted by molar-refractivity contribution is 9.10. The van der Waals surface area contributed by atoms with Crippen LogP contribution in [0.3, 0.4) is 0 Å². The van der Waals surface area contributed by atoms with Gasteiger partial charge in [0.25, 0.3) is 0 Å². The van der Waals surface area contributed by atoms with Crippen molar-refractivity contribution in [1.82, 2.24) is 0 Å². The minimum absolute atomic E-state index is 0.343. The van der Waals surface area contributed by atoms with Gasteiger partial charge in [-0.15, -0.1) is 0 Å². The molecule has 0 saturated heterocycles. The summed E-state index contributed by atoms with van der Waals surface area (Å²) in [6.45, 7) is 0. The Hall–Kier alpha value is -3.94. The van der Waals surface area contributed by atoms with Crippen LogP contribution in [0, 0.1) is 0 Å². The van der Waals surface area contributed by atoms with Crippen LogP contribution < -0.4 is 0 Å². The minimum Gasteiger partial charge on any atom is -0.0619 e. The standard InChI is InChI=1S/C35H21Br/c36-33-21-9-14-22-23(13-7-15-27(22)33)28-16-8-17-29-26-12-3-6-20-32(26)35(34(28)29)30-18-4-1-10-24(30)25-11-2-5-19-31(25)35/h1-21H. The topological polar surface area (TPSA) is 0 Å². The molecule has 8 rings (SSSR count). The molecule has 0 aliphatic heterocycles. The predicted octanol–water partition coefficient (Wildman–Crippen LogP) is 9.61. The fourth-order valence-electron chi connectivity index (χ4n) is 6.89. The van der Waals surface area contributed by atoms with E-state index in [9.17, 15) is 0 Å². The summed E-state index contributed by atoms with van der Waals surface area (Å²) in [6, 6.07) is 47.1. The van der Waals surface area contributed by atoms with Gasteiger partial charge in [-0.3, -0.25) is 0 Å². The van der Waals surface area contributed by atoms with Crippen molar-refractivity contribution in [2.45, 2.75) is 5.41 Å². The zero-order chi connectivity index (χ0) is 23.9. The van der Waals surface area contributed by atoms with Crippen LogP contribution in [0.1, 0.15) is 22.3 Å². The summed E-state index contributed by atoms with van der Waals surface area (Å²) in [5.74, 6) is 0. The Balaban J connectivity index is 1.59. The third-order valence-corrected chi connectivity index (χ3v) is 8.86. The molecule has 0 amide bonds. The molecule has 0 fully saturated rings. The van der Waals surface area contributed by atoms with Crippen molar-refractivity contribution in [2.24, 2.45) is 0 Å². The van der Waals surface area contributed by atoms with Crippen LogP contribution in [0.2, 0.25) is 0 Å². The van der Waals surface area contributed by atoms with Crippen LogP contribution in [0.4, 0.5) is 0 Å². The molecule has 1 spiro atoms. The van der Waals surface area contributed by atoms with Crippen molar-refractivity contribution in [3.63, 3.8) is 0 Å². The van der Waals surface area contributed by atoms with Crippen molar-refractivity contribution in [2.75, 3.05) is 0 Å². The van der Waals surface area contributed by atoms with Crippen LogP contribution in [-0.4, -0.2) is 0 Å². The lowest BCUT2D eigenvalue weighted by atomic mass is 9.68. The van der Waals surface area contributed by atoms with Gasteiger partial charge in [0, 0.05) is 4.47 Å². The van der Waals surface area contributed by atoms with Gasteiger partial charge in [0.2, 0.25) is 0 Å². The Morgan fingerprint density at radius 3 is 1.42 bits per heavy atom. The third kappa shape index (κ3) is 2.39. The van der Waals surface area contributed by atoms with Gasteiger partial charge in [0.05, 0.1) is 5.41 Å². The second-order valence-corrected chi connectivity index (χ2v) is 10.6. The predicted molar refractivity (Wildman–Crippen MR) is 153 cm³/mol. The number of fused-ring (bicyclic) bond motifs is 11. The van der Waals surface area contributed by atoms with Crippen LogP contribution >= 0.6 is 15.9 Å². The Labute approximate surface area is 219 Å². The number of benzene rings is 6. The first-order valence-electron chi connectivity index (χ1n) is 12.4. The SMILES string of the molecule is Brc1cccc2c(-c3cccc4c3C3(c5ccccc5-c5ccccc53)c3ccccc3-4)cccc12. The molecule has 0 saturated carbocycles. The molecule has 0 aromatic heterocycles. The minimum atomic E-state index is -0.343. The first-order valence-corrected chi connectivity index (χ1v) is 13.2. The average molecular weight is 521 g/mol. The summed E-state index contributed by atoms with van der Waals surface area (Å²) < 4.78 is 1.13. The molecule has 6 aromatic carbocycles. The van der Waals surface area contributed by atoms with E-state index in [2.05, 4.69) is 143 Å². The highest BCUT2D eigenvalue weighted by Crippen LogP contribution is 2.64. The Morgan fingerprint density at radius 2 is 0.778 bits per heavy atom. The number of rotatable bonds is 1. The largest absolute Gasteiger partial charge is 0.0731 e. The van der Waals surface area contributed by atoms with Crippen molar-refractivity contribution < 1.29 is 0 Å². The van der Waals surface area contributed by atoms with Gasteiger partial charge in [0.15, 0.2) is 0 Å². The lowest BCUT2D eigenvalue weighted by molar-refractivity contribution is 0.796. The van der Waals surface area contributed by atoms with Gasteiger partial charge in [-0.25, -0.2) is 0 Å². The van der Waals surface area contributed by atoms with E-state index in [1.165, 1.54) is 66.4 Å². The lowest BCUT2D eigenvalue weighted by Gasteiger charge is -2.32. The van der Waals surface area contributed by atoms with Gasteiger partial charge in [-0.2, -0.15) is 0 Å². The van der Waals surface area contributed by atoms with E-state index in [1.54, 1.807) is 0 Å². The molecule has 168 valence electrons. The quantitative estimate of drug-likeness (QED) is 0.202. The third-order valence-electron chi connectivity index (χ3n) is 8.17. The highest BCUT2D eigenvalue weighted by atomic mass is 79.9. The van der Waals surface area contributed by atoms with Crippen molar-refractivity contribution in [3.8, 4) is 33.4 Å². The molecule has 0 N–H and O–H groups in total. The number of hydrogen-bond donors (Lipinski definition) is 0. The molecule has 0 atom stereocenters. The van der Waals surface area contributed by atoms with E-state index in [4.69, 9.17) is 0 Å². The van der Waals surface area contributed by atoms with Crippen LogP contribution in [0.5, 0.6) is 0 Å². The summed E-state index contributed by atoms with van der Waals surface area (Å²) in [7, 11) is 0. The van der Waals surface area contributed by atoms with E-state index < -0.39 is 0 Å². The molecular weight excluding hydrogens is 500 g/mol. The van der Waals surface area contributed by atoms with Crippen LogP contribution in [0.25, 0.3) is 44.2 Å². The van der Waals surface area contributed by atoms with Crippen molar-refractivity contribution in [3.05, 3.63) is 154 Å². The van der Waals surface area contributed by atoms with E-state index in [0.717, 1.165) is 4.47 Å². The Morgan fingerprint density at radius 1 is 0.361 bits per heavy atom. The van der Waals surface area contributed by atoms with Gasteiger partial charge in [-0.1, -0.05) is 137 Å². The molecule has 0 heterocycles. The summed E-state index contributed by atoms with van der Waals surface area (Å²) >= 11 is 3.79. The van der Waals surface area contributed by atoms with Crippen LogP contribution in [-0.2, 0) is 5.41 Å². The second kappa shape index (κ2) is 7.29. The first kappa shape index (κ1) is 20.3. The van der Waals surface area contributed by atoms with E-state index in [1.807, 2.05) is 0 Å². The van der Waals surface area contributed by atoms with E-state index >= 15 is 0 Å². The Bertz CT molecular complexity index is 1800. The smallest absolute Gasteiger partial charge is 0.0619 e. The first-order chi connectivity index (χ1) is 17.8. The van der Waals surface area contributed by atoms with Crippen LogP contribution in [0.15, 0.2) is 132 Å². The Kier molecular flexibility index (Phi) is 4.10. The number of halogens is 1. The second-order valence-electron chi connectivity index (χ2n) is 9.76. The number of hydrogen-bond acceptors (Lipinski definition) is 0. The maximum absolute atomic E-state index is 3.79. The van der Waals surface area contributed by atoms with Gasteiger partial charge < -0.3 is 0 Å². The average Bonchev–Trinajstić information content (AvgIpc) is 3.41. The fourth-order valence-corrected chi connectivity index (χ4v) is 7.38. The molecule has 0 bridgehead atoms. The highest BCUT2D eigenvalue weighted by Gasteiger charge is 2.52. The molecule has 0 nitrogen and oxygen atoms in total. The fraction of sp³-hybridized carbons (Fsp3) is 0.0286. The van der Waals surface area contributed by atoms with E-state index in [-0.39, 0.29) is 5.41 Å². The summed E-state index contributed by atoms with van der Waals surface area (Å²) in [6.07, 6.45) is 0. The van der Waals surface area contributed by atoms with Crippen molar-refractivity contribution in [1.29, 1.82) is 0 Å². The zero-order valence-electron chi connectivity index (χ0n) is 19.5. The summed E-state index contributed by atoms with van der Waals surface area (Å²) in [5, 5.41) is 2.51. The molecule has 36 heavy (non-hydrogen) atoms. The molecular formula is C35H21Br. The van der Waals surface area contributed by atoms with Crippen molar-refractivity contribution >= 4 is 26.7 Å². The molecule has 6 aromatic rings. The van der Waals surface area contributed by atoms with Gasteiger partial charge in [-0.05, 0) is 72.5 Å². The normalized spacial score (nSPS) is 13.9. The maximum Gasteiger partial charge on any atom is 0.0731 e. The zero-order valence-corrected chi connectivity index (χ0v) is 21.1. The molecule has 2 aliphatic carbocycles. The molecule has 0 unspecified atom stereocenters. The summed E-state index contributed by atoms with van der Waals surface area (Å²) in [4.78, 5) is 0. The molecule has 0 radical (unpaired) electrons. The van der Waals surface area contributed by atoms with E-state index in [0.29, 0.717) is 0 Å². The van der Waals surface area contributed by atoms with Gasteiger partial charge in [0.1, 0.15) is 0 Å². The monoisotopic (exact) mass is 520 g/mol.